The van der Waals surface area contributed by atoms with Crippen LogP contribution >= 0.6 is 15.9 Å². The van der Waals surface area contributed by atoms with Crippen molar-refractivity contribution in [1.82, 2.24) is 0 Å². The summed E-state index contributed by atoms with van der Waals surface area (Å²) in [6, 6.07) is 18.3. The molecule has 3 aromatic rings. The number of hydrogen-bond acceptors (Lipinski definition) is 4. The molecule has 0 spiro atoms. The Balaban J connectivity index is 1.61. The number of ketones is 1. The van der Waals surface area contributed by atoms with Gasteiger partial charge in [0.2, 0.25) is 0 Å². The first-order valence-electron chi connectivity index (χ1n) is 7.98. The fourth-order valence-corrected chi connectivity index (χ4v) is 2.70. The van der Waals surface area contributed by atoms with Gasteiger partial charge in [0.1, 0.15) is 29.6 Å². The van der Waals surface area contributed by atoms with Crippen LogP contribution in [0.5, 0.6) is 11.5 Å². The Labute approximate surface area is 160 Å². The highest BCUT2D eigenvalue weighted by atomic mass is 79.9. The second-order valence-electron chi connectivity index (χ2n) is 5.45. The number of para-hydroxylation sites is 1. The van der Waals surface area contributed by atoms with Gasteiger partial charge in [0.05, 0.1) is 11.6 Å². The van der Waals surface area contributed by atoms with E-state index in [0.29, 0.717) is 29.4 Å². The maximum absolute atomic E-state index is 12.2. The molecular weight excluding hydrogens is 396 g/mol. The van der Waals surface area contributed by atoms with E-state index in [9.17, 15) is 4.79 Å². The first-order valence-corrected chi connectivity index (χ1v) is 8.77. The van der Waals surface area contributed by atoms with Crippen molar-refractivity contribution in [3.8, 4) is 11.5 Å². The van der Waals surface area contributed by atoms with Crippen LogP contribution in [0.15, 0.2) is 75.6 Å². The molecule has 4 nitrogen and oxygen atoms in total. The largest absolute Gasteiger partial charge is 0.497 e. The predicted octanol–water partition coefficient (Wildman–Crippen LogP) is 5.53. The summed E-state index contributed by atoms with van der Waals surface area (Å²) >= 11 is 3.44. The molecule has 2 aromatic carbocycles. The number of rotatable bonds is 7. The molecule has 132 valence electrons. The van der Waals surface area contributed by atoms with Crippen molar-refractivity contribution < 1.29 is 18.7 Å². The number of allylic oxidation sites excluding steroid dienone is 1. The topological polar surface area (TPSA) is 48.7 Å². The zero-order valence-corrected chi connectivity index (χ0v) is 15.7. The molecule has 1 aromatic heterocycles. The van der Waals surface area contributed by atoms with Gasteiger partial charge in [-0.05, 0) is 64.5 Å². The van der Waals surface area contributed by atoms with Crippen molar-refractivity contribution in [2.75, 3.05) is 7.11 Å². The first-order chi connectivity index (χ1) is 12.7. The Morgan fingerprint density at radius 2 is 1.96 bits per heavy atom. The van der Waals surface area contributed by atoms with E-state index in [2.05, 4.69) is 15.9 Å². The Hall–Kier alpha value is -2.79. The van der Waals surface area contributed by atoms with Crippen LogP contribution in [0.3, 0.4) is 0 Å². The molecule has 0 radical (unpaired) electrons. The number of hydrogen-bond donors (Lipinski definition) is 0. The Morgan fingerprint density at radius 1 is 1.12 bits per heavy atom. The molecule has 0 saturated carbocycles. The maximum atomic E-state index is 12.2. The maximum Gasteiger partial charge on any atom is 0.186 e. The Morgan fingerprint density at radius 3 is 2.77 bits per heavy atom. The number of carbonyl (C=O) groups excluding carboxylic acids is 1. The van der Waals surface area contributed by atoms with Crippen LogP contribution in [0.2, 0.25) is 0 Å². The quantitative estimate of drug-likeness (QED) is 0.378. The third-order valence-corrected chi connectivity index (χ3v) is 4.30. The van der Waals surface area contributed by atoms with Crippen LogP contribution in [0.1, 0.15) is 21.9 Å². The summed E-state index contributed by atoms with van der Waals surface area (Å²) < 4.78 is 17.4. The molecule has 1 heterocycles. The Bertz CT molecular complexity index is 927. The van der Waals surface area contributed by atoms with Gasteiger partial charge in [-0.15, -0.1) is 0 Å². The SMILES string of the molecule is COc1cccc(C(=O)/C=C/c2ccc(COc3ccccc3Br)o2)c1. The van der Waals surface area contributed by atoms with Crippen molar-refractivity contribution in [2.45, 2.75) is 6.61 Å². The van der Waals surface area contributed by atoms with Gasteiger partial charge in [-0.2, -0.15) is 0 Å². The van der Waals surface area contributed by atoms with Gasteiger partial charge in [-0.1, -0.05) is 24.3 Å². The summed E-state index contributed by atoms with van der Waals surface area (Å²) in [6.45, 7) is 0.306. The van der Waals surface area contributed by atoms with Crippen LogP contribution in [-0.2, 0) is 6.61 Å². The van der Waals surface area contributed by atoms with E-state index in [4.69, 9.17) is 13.9 Å². The van der Waals surface area contributed by atoms with Crippen molar-refractivity contribution in [3.63, 3.8) is 0 Å². The minimum atomic E-state index is -0.119. The van der Waals surface area contributed by atoms with Gasteiger partial charge in [0.15, 0.2) is 5.78 Å². The molecule has 0 aliphatic heterocycles. The molecule has 0 fully saturated rings. The van der Waals surface area contributed by atoms with Crippen LogP contribution < -0.4 is 9.47 Å². The average Bonchev–Trinajstić information content (AvgIpc) is 3.13. The minimum absolute atomic E-state index is 0.119. The van der Waals surface area contributed by atoms with Gasteiger partial charge < -0.3 is 13.9 Å². The number of halogens is 1. The summed E-state index contributed by atoms with van der Waals surface area (Å²) in [5.74, 6) is 2.54. The van der Waals surface area contributed by atoms with Gasteiger partial charge >= 0.3 is 0 Å². The predicted molar refractivity (Wildman–Crippen MR) is 104 cm³/mol. The number of furan rings is 1. The normalized spacial score (nSPS) is 10.8. The van der Waals surface area contributed by atoms with E-state index >= 15 is 0 Å². The van der Waals surface area contributed by atoms with E-state index in [0.717, 1.165) is 10.2 Å². The summed E-state index contributed by atoms with van der Waals surface area (Å²) in [6.07, 6.45) is 3.12. The molecule has 0 aliphatic carbocycles. The lowest BCUT2D eigenvalue weighted by molar-refractivity contribution is 0.104. The second kappa shape index (κ2) is 8.54. The minimum Gasteiger partial charge on any atom is -0.497 e. The first kappa shape index (κ1) is 18.0. The molecule has 0 aliphatic rings. The number of carbonyl (C=O) groups is 1. The van der Waals surface area contributed by atoms with Gasteiger partial charge in [-0.3, -0.25) is 4.79 Å². The lowest BCUT2D eigenvalue weighted by Crippen LogP contribution is -1.95. The highest BCUT2D eigenvalue weighted by Crippen LogP contribution is 2.25. The van der Waals surface area contributed by atoms with Gasteiger partial charge in [0.25, 0.3) is 0 Å². The average molecular weight is 413 g/mol. The van der Waals surface area contributed by atoms with E-state index < -0.39 is 0 Å². The molecule has 0 atom stereocenters. The summed E-state index contributed by atoms with van der Waals surface area (Å²) in [5.41, 5.74) is 0.560. The molecule has 0 amide bonds. The third kappa shape index (κ3) is 4.64. The van der Waals surface area contributed by atoms with Crippen LogP contribution in [0.4, 0.5) is 0 Å². The van der Waals surface area contributed by atoms with Crippen molar-refractivity contribution in [3.05, 3.63) is 88.3 Å². The lowest BCUT2D eigenvalue weighted by atomic mass is 10.1. The highest BCUT2D eigenvalue weighted by molar-refractivity contribution is 9.10. The second-order valence-corrected chi connectivity index (χ2v) is 6.31. The van der Waals surface area contributed by atoms with Gasteiger partial charge in [0, 0.05) is 5.56 Å². The molecular formula is C21H17BrO4. The summed E-state index contributed by atoms with van der Waals surface area (Å²) in [7, 11) is 1.57. The van der Waals surface area contributed by atoms with Crippen LogP contribution in [0, 0.1) is 0 Å². The molecule has 26 heavy (non-hydrogen) atoms. The van der Waals surface area contributed by atoms with Gasteiger partial charge in [-0.25, -0.2) is 0 Å². The summed E-state index contributed by atoms with van der Waals surface area (Å²) in [5, 5.41) is 0. The van der Waals surface area contributed by atoms with Crippen molar-refractivity contribution in [2.24, 2.45) is 0 Å². The number of benzene rings is 2. The highest BCUT2D eigenvalue weighted by Gasteiger charge is 2.06. The molecule has 0 unspecified atom stereocenters. The van der Waals surface area contributed by atoms with E-state index in [1.807, 2.05) is 30.3 Å². The number of ether oxygens (including phenoxy) is 2. The zero-order valence-electron chi connectivity index (χ0n) is 14.1. The lowest BCUT2D eigenvalue weighted by Gasteiger charge is -2.05. The molecule has 5 heteroatoms. The van der Waals surface area contributed by atoms with E-state index in [-0.39, 0.29) is 5.78 Å². The standard InChI is InChI=1S/C21H17BrO4/c1-24-17-6-4-5-15(13-17)20(23)12-11-16-9-10-18(26-16)14-25-21-8-3-2-7-19(21)22/h2-13H,14H2,1H3/b12-11+. The fraction of sp³-hybridized carbons (Fsp3) is 0.0952. The van der Waals surface area contributed by atoms with Crippen LogP contribution in [0.25, 0.3) is 6.08 Å². The monoisotopic (exact) mass is 412 g/mol. The van der Waals surface area contributed by atoms with Crippen LogP contribution in [-0.4, -0.2) is 12.9 Å². The van der Waals surface area contributed by atoms with E-state index in [1.54, 1.807) is 43.5 Å². The van der Waals surface area contributed by atoms with Crippen molar-refractivity contribution in [1.29, 1.82) is 0 Å². The molecule has 0 N–H and O–H groups in total. The summed E-state index contributed by atoms with van der Waals surface area (Å²) in [4.78, 5) is 12.2. The number of methoxy groups -OCH3 is 1. The molecule has 0 saturated heterocycles. The fourth-order valence-electron chi connectivity index (χ4n) is 2.30. The zero-order chi connectivity index (χ0) is 18.4. The smallest absolute Gasteiger partial charge is 0.186 e. The Kier molecular flexibility index (Phi) is 5.92. The van der Waals surface area contributed by atoms with E-state index in [1.165, 1.54) is 6.08 Å². The third-order valence-electron chi connectivity index (χ3n) is 3.64. The molecule has 0 bridgehead atoms. The van der Waals surface area contributed by atoms with Crippen molar-refractivity contribution >= 4 is 27.8 Å². The molecule has 3 rings (SSSR count).